The Morgan fingerprint density at radius 1 is 1.50 bits per heavy atom. The van der Waals surface area contributed by atoms with Crippen LogP contribution in [-0.4, -0.2) is 4.92 Å². The van der Waals surface area contributed by atoms with E-state index < -0.39 is 4.92 Å². The summed E-state index contributed by atoms with van der Waals surface area (Å²) in [6.45, 7) is 0. The van der Waals surface area contributed by atoms with Gasteiger partial charge in [-0.05, 0) is 6.07 Å². The summed E-state index contributed by atoms with van der Waals surface area (Å²) in [7, 11) is 0. The van der Waals surface area contributed by atoms with Crippen LogP contribution in [0.15, 0.2) is 24.3 Å². The third-order valence-corrected chi connectivity index (χ3v) is 1.96. The number of nitrogens with zero attached hydrogens (tertiary/aromatic N) is 2. The zero-order valence-corrected chi connectivity index (χ0v) is 8.69. The van der Waals surface area contributed by atoms with Crippen LogP contribution in [0.25, 0.3) is 0 Å². The van der Waals surface area contributed by atoms with Crippen LogP contribution in [0.2, 0.25) is 0 Å². The third kappa shape index (κ3) is 1.98. The molecule has 0 fully saturated rings. The highest BCUT2D eigenvalue weighted by Gasteiger charge is 2.15. The number of benzene rings is 1. The van der Waals surface area contributed by atoms with Gasteiger partial charge in [-0.3, -0.25) is 10.1 Å². The van der Waals surface area contributed by atoms with Crippen LogP contribution in [0.3, 0.4) is 0 Å². The van der Waals surface area contributed by atoms with E-state index in [1.54, 1.807) is 41.1 Å². The Bertz CT molecular complexity index is 305. The van der Waals surface area contributed by atoms with E-state index in [4.69, 9.17) is 11.8 Å². The zero-order chi connectivity index (χ0) is 9.14. The number of nitro groups is 1. The van der Waals surface area contributed by atoms with E-state index in [-0.39, 0.29) is 5.69 Å². The molecule has 0 N–H and O–H groups in total. The highest BCUT2D eigenvalue weighted by atomic mass is 127. The zero-order valence-electron chi connectivity index (χ0n) is 5.78. The van der Waals surface area contributed by atoms with Crippen molar-refractivity contribution in [3.63, 3.8) is 0 Å². The Kier molecular flexibility index (Phi) is 3.10. The maximum absolute atomic E-state index is 10.4. The van der Waals surface area contributed by atoms with Crippen LogP contribution in [0.4, 0.5) is 11.4 Å². The molecular weight excluding hydrogens is 294 g/mol. The number of anilines is 1. The SMILES string of the molecule is O=[N+]([O-])c1ccccc1N(Cl)I. The van der Waals surface area contributed by atoms with E-state index in [2.05, 4.69) is 0 Å². The van der Waals surface area contributed by atoms with Crippen LogP contribution in [0.1, 0.15) is 0 Å². The van der Waals surface area contributed by atoms with Gasteiger partial charge in [0.2, 0.25) is 0 Å². The molecule has 0 heterocycles. The Morgan fingerprint density at radius 3 is 2.50 bits per heavy atom. The molecule has 1 aromatic rings. The average Bonchev–Trinajstić information content (AvgIpc) is 2.04. The number of nitro benzene ring substituents is 1. The summed E-state index contributed by atoms with van der Waals surface area (Å²) in [4.78, 5) is 9.97. The van der Waals surface area contributed by atoms with Gasteiger partial charge in [-0.1, -0.05) is 12.1 Å². The number of para-hydroxylation sites is 2. The minimum Gasteiger partial charge on any atom is -0.258 e. The third-order valence-electron chi connectivity index (χ3n) is 1.26. The van der Waals surface area contributed by atoms with Crippen LogP contribution in [-0.2, 0) is 0 Å². The number of hydrogen-bond donors (Lipinski definition) is 0. The summed E-state index contributed by atoms with van der Waals surface area (Å²) in [6, 6.07) is 6.27. The van der Waals surface area contributed by atoms with E-state index in [1.807, 2.05) is 0 Å². The lowest BCUT2D eigenvalue weighted by Gasteiger charge is -2.05. The molecule has 0 radical (unpaired) electrons. The van der Waals surface area contributed by atoms with Crippen molar-refractivity contribution < 1.29 is 4.92 Å². The smallest absolute Gasteiger partial charge is 0.258 e. The van der Waals surface area contributed by atoms with Gasteiger partial charge in [-0.25, -0.2) is 2.63 Å². The van der Waals surface area contributed by atoms with Crippen molar-refractivity contribution in [1.29, 1.82) is 0 Å². The van der Waals surface area contributed by atoms with E-state index in [0.717, 1.165) is 2.63 Å². The molecule has 1 aromatic carbocycles. The summed E-state index contributed by atoms with van der Waals surface area (Å²) in [5.41, 5.74) is 0.381. The molecule has 6 heteroatoms. The average molecular weight is 298 g/mol. The number of rotatable bonds is 2. The van der Waals surface area contributed by atoms with Crippen LogP contribution < -0.4 is 2.63 Å². The maximum Gasteiger partial charge on any atom is 0.294 e. The summed E-state index contributed by atoms with van der Waals surface area (Å²) in [6.07, 6.45) is 0. The molecule has 0 bridgehead atoms. The predicted molar refractivity (Wildman–Crippen MR) is 55.4 cm³/mol. The lowest BCUT2D eigenvalue weighted by Crippen LogP contribution is -1.97. The fourth-order valence-electron chi connectivity index (χ4n) is 0.761. The molecular formula is C6H4ClIN2O2. The van der Waals surface area contributed by atoms with Crippen molar-refractivity contribution in [3.05, 3.63) is 34.4 Å². The summed E-state index contributed by atoms with van der Waals surface area (Å²) < 4.78 is 1.16. The molecule has 4 nitrogen and oxygen atoms in total. The summed E-state index contributed by atoms with van der Waals surface area (Å²) in [5.74, 6) is 0. The lowest BCUT2D eigenvalue weighted by molar-refractivity contribution is -0.384. The van der Waals surface area contributed by atoms with Gasteiger partial charge >= 0.3 is 0 Å². The number of hydrogen-bond acceptors (Lipinski definition) is 3. The van der Waals surface area contributed by atoms with Crippen molar-refractivity contribution in [2.24, 2.45) is 0 Å². The quantitative estimate of drug-likeness (QED) is 0.365. The van der Waals surface area contributed by atoms with E-state index in [9.17, 15) is 10.1 Å². The first-order valence-electron chi connectivity index (χ1n) is 2.98. The van der Waals surface area contributed by atoms with Gasteiger partial charge in [0.15, 0.2) is 0 Å². The first-order chi connectivity index (χ1) is 5.63. The van der Waals surface area contributed by atoms with Gasteiger partial charge in [-0.2, -0.15) is 0 Å². The van der Waals surface area contributed by atoms with E-state index in [0.29, 0.717) is 5.69 Å². The minimum absolute atomic E-state index is 0.00176. The van der Waals surface area contributed by atoms with Crippen molar-refractivity contribution in [2.45, 2.75) is 0 Å². The van der Waals surface area contributed by atoms with Crippen LogP contribution >= 0.6 is 34.6 Å². The second-order valence-corrected chi connectivity index (χ2v) is 3.85. The normalized spacial score (nSPS) is 9.50. The molecule has 0 unspecified atom stereocenters. The van der Waals surface area contributed by atoms with Crippen molar-refractivity contribution in [1.82, 2.24) is 0 Å². The standard InChI is InChI=1S/C6H4ClIN2O2/c7-9(8)5-3-1-2-4-6(5)10(11)12/h1-4H. The molecule has 0 saturated carbocycles. The Hall–Kier alpha value is -0.560. The van der Waals surface area contributed by atoms with Crippen molar-refractivity contribution >= 4 is 46.0 Å². The molecule has 1 rings (SSSR count). The predicted octanol–water partition coefficient (Wildman–Crippen LogP) is 2.91. The first-order valence-corrected chi connectivity index (χ1v) is 4.28. The largest absolute Gasteiger partial charge is 0.294 e. The number of halogens is 2. The molecule has 0 aliphatic rings. The lowest BCUT2D eigenvalue weighted by atomic mass is 10.3. The fourth-order valence-corrected chi connectivity index (χ4v) is 1.31. The second-order valence-electron chi connectivity index (χ2n) is 1.98. The van der Waals surface area contributed by atoms with Gasteiger partial charge in [0, 0.05) is 17.8 Å². The molecule has 0 saturated heterocycles. The molecule has 0 spiro atoms. The monoisotopic (exact) mass is 298 g/mol. The molecule has 0 amide bonds. The molecule has 0 aliphatic heterocycles. The topological polar surface area (TPSA) is 46.4 Å². The molecule has 0 aliphatic carbocycles. The van der Waals surface area contributed by atoms with Gasteiger partial charge in [0.05, 0.1) is 27.8 Å². The van der Waals surface area contributed by atoms with E-state index in [1.165, 1.54) is 6.07 Å². The van der Waals surface area contributed by atoms with Crippen molar-refractivity contribution in [3.8, 4) is 0 Å². The fraction of sp³-hybridized carbons (Fsp3) is 0. The van der Waals surface area contributed by atoms with Gasteiger partial charge in [0.1, 0.15) is 5.69 Å². The Morgan fingerprint density at radius 2 is 2.08 bits per heavy atom. The van der Waals surface area contributed by atoms with Crippen molar-refractivity contribution in [2.75, 3.05) is 2.63 Å². The maximum atomic E-state index is 10.4. The highest BCUT2D eigenvalue weighted by molar-refractivity contribution is 14.1. The van der Waals surface area contributed by atoms with Gasteiger partial charge in [-0.15, -0.1) is 0 Å². The second kappa shape index (κ2) is 3.90. The molecule has 12 heavy (non-hydrogen) atoms. The summed E-state index contributed by atoms with van der Waals surface area (Å²) >= 11 is 7.33. The summed E-state index contributed by atoms with van der Waals surface area (Å²) in [5, 5.41) is 10.4. The molecule has 0 atom stereocenters. The highest BCUT2D eigenvalue weighted by Crippen LogP contribution is 2.30. The Labute approximate surface area is 87.9 Å². The Balaban J connectivity index is 3.17. The van der Waals surface area contributed by atoms with Gasteiger partial charge in [0.25, 0.3) is 5.69 Å². The van der Waals surface area contributed by atoms with Crippen LogP contribution in [0, 0.1) is 10.1 Å². The van der Waals surface area contributed by atoms with Gasteiger partial charge < -0.3 is 0 Å². The molecule has 0 aromatic heterocycles. The van der Waals surface area contributed by atoms with Crippen LogP contribution in [0.5, 0.6) is 0 Å². The first kappa shape index (κ1) is 9.53. The minimum atomic E-state index is -0.469. The molecule has 64 valence electrons. The van der Waals surface area contributed by atoms with E-state index >= 15 is 0 Å².